The number of hydrogen-bond acceptors (Lipinski definition) is 2. The van der Waals surface area contributed by atoms with Crippen molar-refractivity contribution in [1.82, 2.24) is 5.32 Å². The van der Waals surface area contributed by atoms with Crippen molar-refractivity contribution >= 4 is 5.91 Å². The minimum atomic E-state index is -0.362. The first kappa shape index (κ1) is 11.0. The molecule has 2 atom stereocenters. The van der Waals surface area contributed by atoms with E-state index in [0.717, 1.165) is 19.3 Å². The zero-order valence-electron chi connectivity index (χ0n) is 8.57. The van der Waals surface area contributed by atoms with Crippen LogP contribution < -0.4 is 11.1 Å². The van der Waals surface area contributed by atoms with E-state index in [-0.39, 0.29) is 11.9 Å². The second-order valence-corrected chi connectivity index (χ2v) is 3.61. The molecule has 0 aromatic heterocycles. The highest BCUT2D eigenvalue weighted by Gasteiger charge is 2.13. The fraction of sp³-hybridized carbons (Fsp3) is 0.545. The topological polar surface area (TPSA) is 55.1 Å². The summed E-state index contributed by atoms with van der Waals surface area (Å²) in [7, 11) is 1.62. The van der Waals surface area contributed by atoms with Gasteiger partial charge >= 0.3 is 0 Å². The van der Waals surface area contributed by atoms with Crippen LogP contribution in [-0.2, 0) is 4.79 Å². The summed E-state index contributed by atoms with van der Waals surface area (Å²) in [5.41, 5.74) is 5.69. The molecule has 14 heavy (non-hydrogen) atoms. The highest BCUT2D eigenvalue weighted by atomic mass is 16.2. The average molecular weight is 194 g/mol. The van der Waals surface area contributed by atoms with E-state index in [9.17, 15) is 4.79 Å². The van der Waals surface area contributed by atoms with Crippen LogP contribution in [0.1, 0.15) is 19.3 Å². The second-order valence-electron chi connectivity index (χ2n) is 3.61. The Morgan fingerprint density at radius 2 is 2.43 bits per heavy atom. The van der Waals surface area contributed by atoms with Crippen LogP contribution in [0.3, 0.4) is 0 Å². The largest absolute Gasteiger partial charge is 0.358 e. The van der Waals surface area contributed by atoms with E-state index < -0.39 is 0 Å². The number of allylic oxidation sites excluding steroid dienone is 4. The van der Waals surface area contributed by atoms with Gasteiger partial charge in [-0.2, -0.15) is 0 Å². The van der Waals surface area contributed by atoms with Gasteiger partial charge in [-0.1, -0.05) is 24.3 Å². The number of nitrogens with one attached hydrogen (secondary N) is 1. The highest BCUT2D eigenvalue weighted by molar-refractivity contribution is 5.81. The van der Waals surface area contributed by atoms with E-state index >= 15 is 0 Å². The molecule has 1 rings (SSSR count). The Morgan fingerprint density at radius 1 is 1.64 bits per heavy atom. The van der Waals surface area contributed by atoms with Gasteiger partial charge in [0.1, 0.15) is 0 Å². The lowest BCUT2D eigenvalue weighted by Crippen LogP contribution is -2.38. The van der Waals surface area contributed by atoms with Crippen molar-refractivity contribution in [2.75, 3.05) is 7.05 Å². The summed E-state index contributed by atoms with van der Waals surface area (Å²) >= 11 is 0. The third-order valence-electron chi connectivity index (χ3n) is 2.50. The Hall–Kier alpha value is -1.09. The molecule has 0 aromatic carbocycles. The van der Waals surface area contributed by atoms with E-state index in [1.165, 1.54) is 0 Å². The van der Waals surface area contributed by atoms with Crippen LogP contribution in [0.5, 0.6) is 0 Å². The molecule has 0 spiro atoms. The normalized spacial score (nSPS) is 22.0. The molecule has 3 N–H and O–H groups in total. The Kier molecular flexibility index (Phi) is 4.40. The van der Waals surface area contributed by atoms with Crippen molar-refractivity contribution in [3.8, 4) is 0 Å². The van der Waals surface area contributed by atoms with E-state index in [1.54, 1.807) is 7.05 Å². The van der Waals surface area contributed by atoms with Gasteiger partial charge in [-0.15, -0.1) is 0 Å². The third kappa shape index (κ3) is 3.34. The number of carbonyl (C=O) groups excluding carboxylic acids is 1. The van der Waals surface area contributed by atoms with Crippen LogP contribution in [-0.4, -0.2) is 19.0 Å². The van der Waals surface area contributed by atoms with Crippen molar-refractivity contribution in [1.29, 1.82) is 0 Å². The molecular formula is C11H18N2O. The van der Waals surface area contributed by atoms with Gasteiger partial charge in [0.2, 0.25) is 5.91 Å². The van der Waals surface area contributed by atoms with Gasteiger partial charge in [-0.25, -0.2) is 0 Å². The number of amides is 1. The van der Waals surface area contributed by atoms with Gasteiger partial charge in [-0.05, 0) is 25.2 Å². The summed E-state index contributed by atoms with van der Waals surface area (Å²) in [5, 5.41) is 2.56. The summed E-state index contributed by atoms with van der Waals surface area (Å²) in [6.07, 6.45) is 11.2. The molecule has 0 saturated heterocycles. The predicted octanol–water partition coefficient (Wildman–Crippen LogP) is 0.972. The molecule has 78 valence electrons. The average Bonchev–Trinajstić information content (AvgIpc) is 2.26. The monoisotopic (exact) mass is 194 g/mol. The molecule has 0 aliphatic heterocycles. The maximum Gasteiger partial charge on any atom is 0.236 e. The van der Waals surface area contributed by atoms with Crippen LogP contribution >= 0.6 is 0 Å². The summed E-state index contributed by atoms with van der Waals surface area (Å²) < 4.78 is 0. The Morgan fingerprint density at radius 3 is 3.00 bits per heavy atom. The first-order valence-corrected chi connectivity index (χ1v) is 5.04. The van der Waals surface area contributed by atoms with E-state index in [4.69, 9.17) is 5.73 Å². The molecule has 0 heterocycles. The summed E-state index contributed by atoms with van der Waals surface area (Å²) in [4.78, 5) is 11.1. The summed E-state index contributed by atoms with van der Waals surface area (Å²) in [5.74, 6) is 0.482. The smallest absolute Gasteiger partial charge is 0.236 e. The number of rotatable bonds is 4. The molecule has 3 nitrogen and oxygen atoms in total. The SMILES string of the molecule is CNC(=O)C(N)CCC1C=CC=CC1. The van der Waals surface area contributed by atoms with Crippen molar-refractivity contribution in [3.05, 3.63) is 24.3 Å². The van der Waals surface area contributed by atoms with Gasteiger partial charge in [-0.3, -0.25) is 4.79 Å². The molecule has 0 bridgehead atoms. The van der Waals surface area contributed by atoms with Crippen molar-refractivity contribution in [3.63, 3.8) is 0 Å². The maximum atomic E-state index is 11.1. The van der Waals surface area contributed by atoms with Crippen LogP contribution in [0.2, 0.25) is 0 Å². The predicted molar refractivity (Wildman–Crippen MR) is 57.7 cm³/mol. The zero-order chi connectivity index (χ0) is 10.4. The van der Waals surface area contributed by atoms with Crippen LogP contribution in [0.25, 0.3) is 0 Å². The van der Waals surface area contributed by atoms with E-state index in [2.05, 4.69) is 29.6 Å². The van der Waals surface area contributed by atoms with Crippen LogP contribution in [0, 0.1) is 5.92 Å². The van der Waals surface area contributed by atoms with Gasteiger partial charge in [0.05, 0.1) is 6.04 Å². The lowest BCUT2D eigenvalue weighted by molar-refractivity contribution is -0.122. The fourth-order valence-corrected chi connectivity index (χ4v) is 1.56. The molecule has 1 aliphatic rings. The maximum absolute atomic E-state index is 11.1. The quantitative estimate of drug-likeness (QED) is 0.700. The molecular weight excluding hydrogens is 176 g/mol. The number of carbonyl (C=O) groups is 1. The molecule has 1 aliphatic carbocycles. The Labute approximate surface area is 85.1 Å². The van der Waals surface area contributed by atoms with Gasteiger partial charge in [0, 0.05) is 7.05 Å². The Bertz CT molecular complexity index is 246. The van der Waals surface area contributed by atoms with E-state index in [1.807, 2.05) is 0 Å². The number of hydrogen-bond donors (Lipinski definition) is 2. The molecule has 0 radical (unpaired) electrons. The van der Waals surface area contributed by atoms with E-state index in [0.29, 0.717) is 5.92 Å². The number of likely N-dealkylation sites (N-methyl/N-ethyl adjacent to an activating group) is 1. The van der Waals surface area contributed by atoms with Gasteiger partial charge < -0.3 is 11.1 Å². The summed E-state index contributed by atoms with van der Waals surface area (Å²) in [6.45, 7) is 0. The zero-order valence-corrected chi connectivity index (χ0v) is 8.57. The van der Waals surface area contributed by atoms with Crippen molar-refractivity contribution < 1.29 is 4.79 Å². The first-order chi connectivity index (χ1) is 6.74. The van der Waals surface area contributed by atoms with Crippen molar-refractivity contribution in [2.24, 2.45) is 11.7 Å². The lowest BCUT2D eigenvalue weighted by atomic mass is 9.94. The Balaban J connectivity index is 2.23. The van der Waals surface area contributed by atoms with Gasteiger partial charge in [0.15, 0.2) is 0 Å². The first-order valence-electron chi connectivity index (χ1n) is 5.04. The molecule has 0 fully saturated rings. The molecule has 0 saturated carbocycles. The highest BCUT2D eigenvalue weighted by Crippen LogP contribution is 2.17. The fourth-order valence-electron chi connectivity index (χ4n) is 1.56. The molecule has 3 heteroatoms. The van der Waals surface area contributed by atoms with Gasteiger partial charge in [0.25, 0.3) is 0 Å². The van der Waals surface area contributed by atoms with Crippen LogP contribution in [0.15, 0.2) is 24.3 Å². The minimum Gasteiger partial charge on any atom is -0.358 e. The molecule has 1 amide bonds. The molecule has 0 aromatic rings. The van der Waals surface area contributed by atoms with Crippen molar-refractivity contribution in [2.45, 2.75) is 25.3 Å². The third-order valence-corrected chi connectivity index (χ3v) is 2.50. The molecule has 2 unspecified atom stereocenters. The number of nitrogens with two attached hydrogens (primary N) is 1. The second kappa shape index (κ2) is 5.60. The van der Waals surface area contributed by atoms with Crippen LogP contribution in [0.4, 0.5) is 0 Å². The lowest BCUT2D eigenvalue weighted by Gasteiger charge is -2.15. The summed E-state index contributed by atoms with van der Waals surface area (Å²) in [6, 6.07) is -0.362. The standard InChI is InChI=1S/C11H18N2O/c1-13-11(14)10(12)8-7-9-5-3-2-4-6-9/h2-5,9-10H,6-8,12H2,1H3,(H,13,14). The minimum absolute atomic E-state index is 0.0691.